The molecular formula is C20H17N. The SMILES string of the molecule is CC1(C)c2ccccc2-c2ccc(-c3ccccn3)cc21. The van der Waals surface area contributed by atoms with E-state index in [1.54, 1.807) is 0 Å². The summed E-state index contributed by atoms with van der Waals surface area (Å²) in [4.78, 5) is 4.47. The molecule has 0 aliphatic heterocycles. The van der Waals surface area contributed by atoms with Crippen LogP contribution in [-0.4, -0.2) is 4.98 Å². The molecule has 3 aromatic rings. The summed E-state index contributed by atoms with van der Waals surface area (Å²) in [6.45, 7) is 4.61. The third-order valence-corrected chi connectivity index (χ3v) is 4.54. The first kappa shape index (κ1) is 12.3. The van der Waals surface area contributed by atoms with Crippen molar-refractivity contribution in [3.8, 4) is 22.4 Å². The topological polar surface area (TPSA) is 12.9 Å². The fourth-order valence-corrected chi connectivity index (χ4v) is 3.40. The fraction of sp³-hybridized carbons (Fsp3) is 0.150. The molecule has 4 rings (SSSR count). The molecule has 0 atom stereocenters. The maximum absolute atomic E-state index is 4.47. The van der Waals surface area contributed by atoms with Crippen LogP contribution in [0.25, 0.3) is 22.4 Å². The van der Waals surface area contributed by atoms with Crippen LogP contribution in [0.3, 0.4) is 0 Å². The van der Waals surface area contributed by atoms with E-state index in [4.69, 9.17) is 0 Å². The molecule has 1 heterocycles. The Bertz CT molecular complexity index is 816. The van der Waals surface area contributed by atoms with Crippen molar-refractivity contribution in [2.75, 3.05) is 0 Å². The van der Waals surface area contributed by atoms with Crippen LogP contribution in [0.15, 0.2) is 66.9 Å². The van der Waals surface area contributed by atoms with Gasteiger partial charge in [0.15, 0.2) is 0 Å². The Kier molecular flexibility index (Phi) is 2.52. The van der Waals surface area contributed by atoms with Crippen molar-refractivity contribution in [3.05, 3.63) is 78.0 Å². The normalized spacial score (nSPS) is 14.6. The summed E-state index contributed by atoms with van der Waals surface area (Å²) in [5.74, 6) is 0. The summed E-state index contributed by atoms with van der Waals surface area (Å²) in [6, 6.07) is 21.5. The summed E-state index contributed by atoms with van der Waals surface area (Å²) < 4.78 is 0. The number of fused-ring (bicyclic) bond motifs is 3. The van der Waals surface area contributed by atoms with Gasteiger partial charge in [-0.05, 0) is 40.5 Å². The lowest BCUT2D eigenvalue weighted by atomic mass is 9.82. The van der Waals surface area contributed by atoms with Crippen LogP contribution in [0.1, 0.15) is 25.0 Å². The van der Waals surface area contributed by atoms with Gasteiger partial charge < -0.3 is 0 Å². The van der Waals surface area contributed by atoms with Gasteiger partial charge in [0.1, 0.15) is 0 Å². The molecule has 0 amide bonds. The highest BCUT2D eigenvalue weighted by molar-refractivity contribution is 5.83. The van der Waals surface area contributed by atoms with Gasteiger partial charge in [0.05, 0.1) is 5.69 Å². The highest BCUT2D eigenvalue weighted by Gasteiger charge is 2.35. The van der Waals surface area contributed by atoms with Gasteiger partial charge in [0.25, 0.3) is 0 Å². The molecule has 0 saturated carbocycles. The maximum Gasteiger partial charge on any atom is 0.0702 e. The number of benzene rings is 2. The molecule has 1 heteroatoms. The third-order valence-electron chi connectivity index (χ3n) is 4.54. The van der Waals surface area contributed by atoms with Gasteiger partial charge >= 0.3 is 0 Å². The van der Waals surface area contributed by atoms with E-state index in [2.05, 4.69) is 67.4 Å². The van der Waals surface area contributed by atoms with Crippen LogP contribution >= 0.6 is 0 Å². The third kappa shape index (κ3) is 1.74. The first-order valence-electron chi connectivity index (χ1n) is 7.34. The number of hydrogen-bond donors (Lipinski definition) is 0. The monoisotopic (exact) mass is 271 g/mol. The largest absolute Gasteiger partial charge is 0.256 e. The first-order valence-corrected chi connectivity index (χ1v) is 7.34. The lowest BCUT2D eigenvalue weighted by Gasteiger charge is -2.21. The van der Waals surface area contributed by atoms with Gasteiger partial charge in [-0.1, -0.05) is 56.3 Å². The summed E-state index contributed by atoms with van der Waals surface area (Å²) in [5, 5.41) is 0. The van der Waals surface area contributed by atoms with E-state index in [1.807, 2.05) is 18.3 Å². The summed E-state index contributed by atoms with van der Waals surface area (Å²) in [5.41, 5.74) is 7.81. The second kappa shape index (κ2) is 4.29. The van der Waals surface area contributed by atoms with Gasteiger partial charge in [-0.3, -0.25) is 4.98 Å². The molecule has 1 aliphatic rings. The van der Waals surface area contributed by atoms with Crippen LogP contribution < -0.4 is 0 Å². The second-order valence-electron chi connectivity index (χ2n) is 6.15. The second-order valence-corrected chi connectivity index (χ2v) is 6.15. The molecule has 1 nitrogen and oxygen atoms in total. The average molecular weight is 271 g/mol. The standard InChI is InChI=1S/C20H17N/c1-20(2)17-8-4-3-7-15(17)16-11-10-14(13-18(16)20)19-9-5-6-12-21-19/h3-13H,1-2H3. The Morgan fingerprint density at radius 3 is 2.33 bits per heavy atom. The molecule has 0 fully saturated rings. The molecule has 21 heavy (non-hydrogen) atoms. The van der Waals surface area contributed by atoms with Crippen molar-refractivity contribution in [3.63, 3.8) is 0 Å². The Labute approximate surface area is 125 Å². The first-order chi connectivity index (χ1) is 10.2. The van der Waals surface area contributed by atoms with Crippen LogP contribution in [-0.2, 0) is 5.41 Å². The molecule has 1 aromatic heterocycles. The minimum absolute atomic E-state index is 0.0523. The van der Waals surface area contributed by atoms with Gasteiger partial charge in [-0.15, -0.1) is 0 Å². The maximum atomic E-state index is 4.47. The van der Waals surface area contributed by atoms with Crippen LogP contribution in [0.4, 0.5) is 0 Å². The van der Waals surface area contributed by atoms with Crippen molar-refractivity contribution in [2.45, 2.75) is 19.3 Å². The minimum atomic E-state index is 0.0523. The number of hydrogen-bond acceptors (Lipinski definition) is 1. The smallest absolute Gasteiger partial charge is 0.0702 e. The molecule has 0 unspecified atom stereocenters. The Morgan fingerprint density at radius 1 is 0.762 bits per heavy atom. The zero-order valence-electron chi connectivity index (χ0n) is 12.3. The summed E-state index contributed by atoms with van der Waals surface area (Å²) in [7, 11) is 0. The van der Waals surface area contributed by atoms with Gasteiger partial charge in [0.2, 0.25) is 0 Å². The van der Waals surface area contributed by atoms with Crippen LogP contribution in [0.2, 0.25) is 0 Å². The van der Waals surface area contributed by atoms with E-state index < -0.39 is 0 Å². The molecule has 2 aromatic carbocycles. The van der Waals surface area contributed by atoms with Crippen molar-refractivity contribution in [2.24, 2.45) is 0 Å². The molecule has 0 bridgehead atoms. The average Bonchev–Trinajstić information content (AvgIpc) is 2.77. The molecule has 0 spiro atoms. The predicted octanol–water partition coefficient (Wildman–Crippen LogP) is 5.05. The lowest BCUT2D eigenvalue weighted by Crippen LogP contribution is -2.14. The van der Waals surface area contributed by atoms with E-state index in [9.17, 15) is 0 Å². The van der Waals surface area contributed by atoms with Crippen LogP contribution in [0.5, 0.6) is 0 Å². The van der Waals surface area contributed by atoms with E-state index in [0.717, 1.165) is 5.69 Å². The molecule has 0 saturated heterocycles. The zero-order chi connectivity index (χ0) is 14.4. The highest BCUT2D eigenvalue weighted by Crippen LogP contribution is 2.49. The van der Waals surface area contributed by atoms with E-state index in [0.29, 0.717) is 0 Å². The van der Waals surface area contributed by atoms with E-state index in [-0.39, 0.29) is 5.41 Å². The Morgan fingerprint density at radius 2 is 1.52 bits per heavy atom. The summed E-state index contributed by atoms with van der Waals surface area (Å²) >= 11 is 0. The van der Waals surface area contributed by atoms with Crippen molar-refractivity contribution in [1.82, 2.24) is 4.98 Å². The fourth-order valence-electron chi connectivity index (χ4n) is 3.40. The highest BCUT2D eigenvalue weighted by atomic mass is 14.7. The van der Waals surface area contributed by atoms with E-state index in [1.165, 1.54) is 27.8 Å². The van der Waals surface area contributed by atoms with Gasteiger partial charge in [0, 0.05) is 17.2 Å². The number of rotatable bonds is 1. The molecule has 0 N–H and O–H groups in total. The minimum Gasteiger partial charge on any atom is -0.256 e. The number of nitrogens with zero attached hydrogens (tertiary/aromatic N) is 1. The van der Waals surface area contributed by atoms with Gasteiger partial charge in [-0.2, -0.15) is 0 Å². The predicted molar refractivity (Wildman–Crippen MR) is 87.2 cm³/mol. The van der Waals surface area contributed by atoms with Crippen LogP contribution in [0, 0.1) is 0 Å². The zero-order valence-corrected chi connectivity index (χ0v) is 12.3. The molecule has 0 radical (unpaired) electrons. The quantitative estimate of drug-likeness (QED) is 0.603. The van der Waals surface area contributed by atoms with Crippen molar-refractivity contribution in [1.29, 1.82) is 0 Å². The molecular weight excluding hydrogens is 254 g/mol. The van der Waals surface area contributed by atoms with Gasteiger partial charge in [-0.25, -0.2) is 0 Å². The lowest BCUT2D eigenvalue weighted by molar-refractivity contribution is 0.660. The Balaban J connectivity index is 1.94. The molecule has 102 valence electrons. The Hall–Kier alpha value is -2.41. The number of pyridine rings is 1. The van der Waals surface area contributed by atoms with Crippen molar-refractivity contribution >= 4 is 0 Å². The number of aromatic nitrogens is 1. The summed E-state index contributed by atoms with van der Waals surface area (Å²) in [6.07, 6.45) is 1.85. The molecule has 1 aliphatic carbocycles. The van der Waals surface area contributed by atoms with Crippen molar-refractivity contribution < 1.29 is 0 Å². The van der Waals surface area contributed by atoms with E-state index >= 15 is 0 Å².